The van der Waals surface area contributed by atoms with Gasteiger partial charge < -0.3 is 5.11 Å². The van der Waals surface area contributed by atoms with Crippen LogP contribution in [0.2, 0.25) is 0 Å². The van der Waals surface area contributed by atoms with Crippen LogP contribution in [-0.4, -0.2) is 36.9 Å². The van der Waals surface area contributed by atoms with Crippen LogP contribution in [0.5, 0.6) is 0 Å². The summed E-state index contributed by atoms with van der Waals surface area (Å²) >= 11 is 0. The van der Waals surface area contributed by atoms with E-state index in [1.54, 1.807) is 6.92 Å². The first-order chi connectivity index (χ1) is 11.8. The maximum Gasteiger partial charge on any atom is 0.426 e. The Bertz CT molecular complexity index is 389. The highest BCUT2D eigenvalue weighted by molar-refractivity contribution is 5.03. The molecule has 5 atom stereocenters. The summed E-state index contributed by atoms with van der Waals surface area (Å²) in [6.07, 6.45) is -11.0. The van der Waals surface area contributed by atoms with Crippen molar-refractivity contribution in [3.05, 3.63) is 0 Å². The zero-order valence-electron chi connectivity index (χ0n) is 15.4. The first kappa shape index (κ1) is 25.4. The summed E-state index contributed by atoms with van der Waals surface area (Å²) in [5.74, 6) is -0.220. The topological polar surface area (TPSA) is 20.2 Å². The monoisotopic (exact) mass is 400 g/mol. The fourth-order valence-electron chi connectivity index (χ4n) is 4.10. The molecule has 1 nitrogen and oxygen atoms in total. The molecule has 2 fully saturated rings. The van der Waals surface area contributed by atoms with E-state index in [9.17, 15) is 40.2 Å². The lowest BCUT2D eigenvalue weighted by atomic mass is 9.72. The van der Waals surface area contributed by atoms with Crippen LogP contribution in [0, 0.1) is 29.6 Å². The molecule has 0 radical (unpaired) electrons. The van der Waals surface area contributed by atoms with Crippen LogP contribution in [0.4, 0.5) is 35.1 Å². The van der Waals surface area contributed by atoms with Gasteiger partial charge in [0.2, 0.25) is 0 Å². The van der Waals surface area contributed by atoms with E-state index in [-0.39, 0.29) is 24.4 Å². The van der Waals surface area contributed by atoms with E-state index < -0.39 is 30.3 Å². The van der Waals surface area contributed by atoms with Gasteiger partial charge >= 0.3 is 12.4 Å². The predicted octanol–water partition coefficient (Wildman–Crippen LogP) is 6.11. The Morgan fingerprint density at radius 2 is 1.31 bits per heavy atom. The molecule has 0 aromatic heterocycles. The Balaban J connectivity index is 0.000000920. The second kappa shape index (κ2) is 9.55. The van der Waals surface area contributed by atoms with Crippen molar-refractivity contribution in [1.29, 1.82) is 0 Å². The first-order valence-electron chi connectivity index (χ1n) is 8.59. The Hall–Kier alpha value is -0.600. The van der Waals surface area contributed by atoms with Crippen molar-refractivity contribution < 1.29 is 40.2 Å². The minimum Gasteiger partial charge on any atom is -0.374 e. The lowest BCUT2D eigenvalue weighted by molar-refractivity contribution is -0.373. The Morgan fingerprint density at radius 3 is 1.58 bits per heavy atom. The standard InChI is InChI=1S/C13H18F6O.C3H7F.CH3F/c1-6-7(2)10-4-8(6)3-9(10)5-11(20,12(14,15)16)13(17,18)19;1-2-3-4;1-2/h6-10,20H,3-5H2,1-2H3;2-3H2,1H3;1H3. The van der Waals surface area contributed by atoms with Crippen molar-refractivity contribution in [1.82, 2.24) is 0 Å². The summed E-state index contributed by atoms with van der Waals surface area (Å²) in [5, 5.41) is 9.28. The molecule has 2 saturated carbocycles. The maximum absolute atomic E-state index is 12.7. The van der Waals surface area contributed by atoms with Gasteiger partial charge in [-0.1, -0.05) is 20.8 Å². The molecular formula is C17H28F8O. The quantitative estimate of drug-likeness (QED) is 0.567. The van der Waals surface area contributed by atoms with Crippen LogP contribution in [0.15, 0.2) is 0 Å². The second-order valence-corrected chi connectivity index (χ2v) is 7.12. The molecule has 0 aromatic rings. The van der Waals surface area contributed by atoms with Gasteiger partial charge in [-0.3, -0.25) is 8.78 Å². The van der Waals surface area contributed by atoms with Crippen molar-refractivity contribution >= 4 is 0 Å². The number of rotatable bonds is 3. The smallest absolute Gasteiger partial charge is 0.374 e. The molecule has 0 aliphatic heterocycles. The van der Waals surface area contributed by atoms with E-state index in [1.807, 2.05) is 13.8 Å². The molecule has 2 aliphatic rings. The fourth-order valence-corrected chi connectivity index (χ4v) is 4.10. The van der Waals surface area contributed by atoms with E-state index in [0.29, 0.717) is 32.4 Å². The van der Waals surface area contributed by atoms with Crippen molar-refractivity contribution in [3.8, 4) is 0 Å². The number of fused-ring (bicyclic) bond motifs is 2. The lowest BCUT2D eigenvalue weighted by Gasteiger charge is -2.39. The molecule has 0 amide bonds. The molecule has 26 heavy (non-hydrogen) atoms. The zero-order valence-corrected chi connectivity index (χ0v) is 15.4. The van der Waals surface area contributed by atoms with Crippen LogP contribution < -0.4 is 0 Å². The number of hydrogen-bond donors (Lipinski definition) is 1. The molecule has 2 rings (SSSR count). The third-order valence-corrected chi connectivity index (χ3v) is 5.72. The lowest BCUT2D eigenvalue weighted by Crippen LogP contribution is -2.58. The van der Waals surface area contributed by atoms with Gasteiger partial charge in [0.25, 0.3) is 5.60 Å². The third kappa shape index (κ3) is 5.23. The zero-order chi connectivity index (χ0) is 20.9. The summed E-state index contributed by atoms with van der Waals surface area (Å²) in [4.78, 5) is 0. The van der Waals surface area contributed by atoms with E-state index in [2.05, 4.69) is 0 Å². The first-order valence-corrected chi connectivity index (χ1v) is 8.59. The van der Waals surface area contributed by atoms with Gasteiger partial charge in [0.05, 0.1) is 13.9 Å². The highest BCUT2D eigenvalue weighted by atomic mass is 19.4. The van der Waals surface area contributed by atoms with Crippen LogP contribution in [0.1, 0.15) is 46.5 Å². The maximum atomic E-state index is 12.7. The molecular weight excluding hydrogens is 372 g/mol. The second-order valence-electron chi connectivity index (χ2n) is 7.12. The molecule has 1 N–H and O–H groups in total. The van der Waals surface area contributed by atoms with Gasteiger partial charge in [-0.15, -0.1) is 0 Å². The van der Waals surface area contributed by atoms with E-state index in [1.165, 1.54) is 0 Å². The molecule has 0 aromatic carbocycles. The van der Waals surface area contributed by atoms with E-state index >= 15 is 0 Å². The fraction of sp³-hybridized carbons (Fsp3) is 1.00. The average Bonchev–Trinajstić information content (AvgIpc) is 3.07. The number of aliphatic hydroxyl groups is 1. The Labute approximate surface area is 149 Å². The molecule has 5 unspecified atom stereocenters. The highest BCUT2D eigenvalue weighted by Gasteiger charge is 2.71. The van der Waals surface area contributed by atoms with E-state index in [0.717, 1.165) is 0 Å². The highest BCUT2D eigenvalue weighted by Crippen LogP contribution is 2.59. The number of hydrogen-bond acceptors (Lipinski definition) is 1. The van der Waals surface area contributed by atoms with Gasteiger partial charge in [-0.05, 0) is 55.3 Å². The summed E-state index contributed by atoms with van der Waals surface area (Å²) in [6.45, 7) is 5.49. The van der Waals surface area contributed by atoms with Crippen LogP contribution in [0.25, 0.3) is 0 Å². The molecule has 0 spiro atoms. The van der Waals surface area contributed by atoms with Crippen LogP contribution in [0.3, 0.4) is 0 Å². The normalized spacial score (nSPS) is 31.0. The Kier molecular flexibility index (Phi) is 9.33. The summed E-state index contributed by atoms with van der Waals surface area (Å²) in [5.41, 5.74) is -4.59. The van der Waals surface area contributed by atoms with Gasteiger partial charge in [0.15, 0.2) is 0 Å². The average molecular weight is 400 g/mol. The van der Waals surface area contributed by atoms with Crippen molar-refractivity contribution in [3.63, 3.8) is 0 Å². The largest absolute Gasteiger partial charge is 0.426 e. The molecule has 0 saturated heterocycles. The van der Waals surface area contributed by atoms with Gasteiger partial charge in [-0.25, -0.2) is 0 Å². The van der Waals surface area contributed by atoms with Crippen molar-refractivity contribution in [2.45, 2.75) is 64.4 Å². The molecule has 158 valence electrons. The third-order valence-electron chi connectivity index (χ3n) is 5.72. The minimum atomic E-state index is -5.69. The summed E-state index contributed by atoms with van der Waals surface area (Å²) in [6, 6.07) is 0. The van der Waals surface area contributed by atoms with Gasteiger partial charge in [-0.2, -0.15) is 26.3 Å². The molecule has 9 heteroatoms. The van der Waals surface area contributed by atoms with Crippen LogP contribution >= 0.6 is 0 Å². The number of halogens is 8. The van der Waals surface area contributed by atoms with Gasteiger partial charge in [0, 0.05) is 0 Å². The minimum absolute atomic E-state index is 0.115. The summed E-state index contributed by atoms with van der Waals surface area (Å²) < 4.78 is 96.4. The number of alkyl halides is 8. The SMILES string of the molecule is CC1C2CC(CC(O)(C(F)(F)F)C(F)(F)F)C(C2)C1C.CCCF.CF. The molecule has 2 bridgehead atoms. The van der Waals surface area contributed by atoms with Crippen molar-refractivity contribution in [2.24, 2.45) is 29.6 Å². The Morgan fingerprint density at radius 1 is 0.885 bits per heavy atom. The summed E-state index contributed by atoms with van der Waals surface area (Å²) in [7, 11) is 0.500. The molecule has 2 aliphatic carbocycles. The molecule has 0 heterocycles. The van der Waals surface area contributed by atoms with Crippen LogP contribution in [-0.2, 0) is 0 Å². The van der Waals surface area contributed by atoms with Gasteiger partial charge in [0.1, 0.15) is 0 Å². The predicted molar refractivity (Wildman–Crippen MR) is 83.0 cm³/mol. The van der Waals surface area contributed by atoms with E-state index in [4.69, 9.17) is 0 Å². The van der Waals surface area contributed by atoms with Crippen molar-refractivity contribution in [2.75, 3.05) is 13.9 Å².